The van der Waals surface area contributed by atoms with Gasteiger partial charge in [-0.25, -0.2) is 9.37 Å². The number of piperidine rings is 1. The second kappa shape index (κ2) is 9.01. The molecule has 1 spiro atoms. The average Bonchev–Trinajstić information content (AvgIpc) is 3.71. The molecule has 202 valence electrons. The van der Waals surface area contributed by atoms with Crippen molar-refractivity contribution in [3.05, 3.63) is 52.6 Å². The number of hydrogen-bond donors (Lipinski definition) is 1. The van der Waals surface area contributed by atoms with Gasteiger partial charge in [-0.3, -0.25) is 19.5 Å². The standard InChI is InChI=1S/C28H28ClFN6O3/c29-25-18(30)4-7-22-24(25)28(27(39)36(22)15-23(37)35-13-16-2-1-3-17(16)14-35)8-10-34(11-9-28)26(38)20-6-5-19-21(32-20)12-31-33-19/h4-7,12,16-17H,1-3,8-11,13-15H2,(H,31,33)/t16-,17+. The lowest BCUT2D eigenvalue weighted by molar-refractivity contribution is -0.132. The Morgan fingerprint density at radius 2 is 1.82 bits per heavy atom. The largest absolute Gasteiger partial charge is 0.341 e. The quantitative estimate of drug-likeness (QED) is 0.537. The van der Waals surface area contributed by atoms with Crippen LogP contribution in [0.25, 0.3) is 11.0 Å². The normalized spacial score (nSPS) is 23.6. The fourth-order valence-corrected chi connectivity index (χ4v) is 7.53. The van der Waals surface area contributed by atoms with Gasteiger partial charge in [-0.2, -0.15) is 5.10 Å². The predicted molar refractivity (Wildman–Crippen MR) is 142 cm³/mol. The van der Waals surface area contributed by atoms with Gasteiger partial charge >= 0.3 is 0 Å². The molecule has 2 atom stereocenters. The van der Waals surface area contributed by atoms with Crippen LogP contribution in [0.1, 0.15) is 48.2 Å². The zero-order chi connectivity index (χ0) is 26.9. The summed E-state index contributed by atoms with van der Waals surface area (Å²) in [5.74, 6) is -0.0703. The van der Waals surface area contributed by atoms with E-state index in [0.29, 0.717) is 34.3 Å². The SMILES string of the molecule is O=C(CN1C(=O)C2(CCN(C(=O)c3ccc4[nH]ncc4n3)CC2)c2c1ccc(F)c2Cl)N1C[C@H]2CCC[C@H]2C1. The molecule has 7 rings (SSSR count). The number of benzene rings is 1. The smallest absolute Gasteiger partial charge is 0.272 e. The van der Waals surface area contributed by atoms with Crippen LogP contribution in [0.5, 0.6) is 0 Å². The molecule has 11 heteroatoms. The third-order valence-corrected chi connectivity index (χ3v) is 9.66. The number of carbonyl (C=O) groups excluding carboxylic acids is 3. The van der Waals surface area contributed by atoms with Crippen LogP contribution in [0.15, 0.2) is 30.5 Å². The molecule has 1 aromatic carbocycles. The Balaban J connectivity index is 1.13. The molecule has 4 aliphatic rings. The monoisotopic (exact) mass is 550 g/mol. The van der Waals surface area contributed by atoms with Gasteiger partial charge in [-0.15, -0.1) is 0 Å². The van der Waals surface area contributed by atoms with Crippen molar-refractivity contribution in [2.75, 3.05) is 37.6 Å². The van der Waals surface area contributed by atoms with Gasteiger partial charge in [0.2, 0.25) is 11.8 Å². The molecule has 3 aliphatic heterocycles. The van der Waals surface area contributed by atoms with Crippen LogP contribution in [0.4, 0.5) is 10.1 Å². The lowest BCUT2D eigenvalue weighted by atomic mass is 9.73. The second-order valence-electron chi connectivity index (χ2n) is 11.3. The Hall–Kier alpha value is -3.53. The van der Waals surface area contributed by atoms with Crippen LogP contribution in [-0.2, 0) is 15.0 Å². The van der Waals surface area contributed by atoms with Crippen molar-refractivity contribution < 1.29 is 18.8 Å². The summed E-state index contributed by atoms with van der Waals surface area (Å²) < 4.78 is 14.7. The van der Waals surface area contributed by atoms with Gasteiger partial charge < -0.3 is 14.7 Å². The fraction of sp³-hybridized carbons (Fsp3) is 0.464. The minimum Gasteiger partial charge on any atom is -0.341 e. The van der Waals surface area contributed by atoms with Gasteiger partial charge in [-0.05, 0) is 61.8 Å². The van der Waals surface area contributed by atoms with E-state index in [1.807, 2.05) is 4.90 Å². The van der Waals surface area contributed by atoms with E-state index in [2.05, 4.69) is 15.2 Å². The zero-order valence-corrected chi connectivity index (χ0v) is 22.1. The lowest BCUT2D eigenvalue weighted by Gasteiger charge is -2.38. The maximum atomic E-state index is 14.7. The van der Waals surface area contributed by atoms with Gasteiger partial charge in [0.25, 0.3) is 5.91 Å². The van der Waals surface area contributed by atoms with E-state index in [4.69, 9.17) is 11.6 Å². The molecule has 1 aliphatic carbocycles. The van der Waals surface area contributed by atoms with E-state index in [1.54, 1.807) is 29.3 Å². The van der Waals surface area contributed by atoms with Crippen LogP contribution in [0.2, 0.25) is 5.02 Å². The van der Waals surface area contributed by atoms with Gasteiger partial charge in [0, 0.05) is 31.7 Å². The molecule has 0 bridgehead atoms. The number of aromatic amines is 1. The fourth-order valence-electron chi connectivity index (χ4n) is 7.19. The highest BCUT2D eigenvalue weighted by Gasteiger charge is 2.55. The number of fused-ring (bicyclic) bond motifs is 4. The first-order chi connectivity index (χ1) is 18.9. The molecule has 3 aromatic rings. The molecule has 1 saturated carbocycles. The topological polar surface area (TPSA) is 102 Å². The number of aromatic nitrogens is 3. The summed E-state index contributed by atoms with van der Waals surface area (Å²) in [7, 11) is 0. The van der Waals surface area contributed by atoms with Crippen LogP contribution in [0.3, 0.4) is 0 Å². The lowest BCUT2D eigenvalue weighted by Crippen LogP contribution is -2.51. The molecule has 0 radical (unpaired) electrons. The van der Waals surface area contributed by atoms with Gasteiger partial charge in [0.15, 0.2) is 0 Å². The first kappa shape index (κ1) is 24.5. The van der Waals surface area contributed by atoms with Crippen molar-refractivity contribution in [2.45, 2.75) is 37.5 Å². The number of nitrogens with zero attached hydrogens (tertiary/aromatic N) is 5. The number of anilines is 1. The van der Waals surface area contributed by atoms with E-state index in [-0.39, 0.29) is 55.2 Å². The van der Waals surface area contributed by atoms with E-state index in [1.165, 1.54) is 17.4 Å². The highest BCUT2D eigenvalue weighted by atomic mass is 35.5. The molecule has 3 fully saturated rings. The van der Waals surface area contributed by atoms with E-state index in [0.717, 1.165) is 31.4 Å². The number of likely N-dealkylation sites (tertiary alicyclic amines) is 2. The van der Waals surface area contributed by atoms with Gasteiger partial charge in [-0.1, -0.05) is 18.0 Å². The molecular weight excluding hydrogens is 523 g/mol. The summed E-state index contributed by atoms with van der Waals surface area (Å²) in [6.45, 7) is 1.94. The zero-order valence-electron chi connectivity index (χ0n) is 21.3. The number of H-pyrrole nitrogens is 1. The molecule has 9 nitrogen and oxygen atoms in total. The first-order valence-electron chi connectivity index (χ1n) is 13.5. The number of rotatable bonds is 3. The molecule has 3 amide bonds. The Labute approximate surface area is 229 Å². The Kier molecular flexibility index (Phi) is 5.66. The number of nitrogens with one attached hydrogen (secondary N) is 1. The minimum atomic E-state index is -1.09. The molecule has 5 heterocycles. The average molecular weight is 551 g/mol. The van der Waals surface area contributed by atoms with E-state index in [9.17, 15) is 18.8 Å². The Morgan fingerprint density at radius 1 is 1.08 bits per heavy atom. The molecule has 2 aromatic heterocycles. The molecule has 2 saturated heterocycles. The van der Waals surface area contributed by atoms with Gasteiger partial charge in [0.05, 0.1) is 27.8 Å². The van der Waals surface area contributed by atoms with E-state index >= 15 is 0 Å². The van der Waals surface area contributed by atoms with Crippen LogP contribution < -0.4 is 4.90 Å². The third-order valence-electron chi connectivity index (χ3n) is 9.29. The molecule has 39 heavy (non-hydrogen) atoms. The van der Waals surface area contributed by atoms with Crippen LogP contribution in [-0.4, -0.2) is 75.4 Å². The van der Waals surface area contributed by atoms with Crippen molar-refractivity contribution >= 4 is 46.0 Å². The predicted octanol–water partition coefficient (Wildman–Crippen LogP) is 3.53. The molecule has 1 N–H and O–H groups in total. The molecule has 0 unspecified atom stereocenters. The number of hydrogen-bond acceptors (Lipinski definition) is 5. The van der Waals surface area contributed by atoms with Crippen molar-refractivity contribution in [2.24, 2.45) is 11.8 Å². The number of halogens is 2. The van der Waals surface area contributed by atoms with Gasteiger partial charge in [0.1, 0.15) is 23.6 Å². The third kappa shape index (κ3) is 3.75. The summed E-state index contributed by atoms with van der Waals surface area (Å²) in [5.41, 5.74) is 1.47. The summed E-state index contributed by atoms with van der Waals surface area (Å²) >= 11 is 6.51. The van der Waals surface area contributed by atoms with Crippen LogP contribution in [0, 0.1) is 17.7 Å². The summed E-state index contributed by atoms with van der Waals surface area (Å²) in [6.07, 6.45) is 5.64. The number of carbonyl (C=O) groups is 3. The number of amides is 3. The summed E-state index contributed by atoms with van der Waals surface area (Å²) in [5, 5.41) is 6.68. The summed E-state index contributed by atoms with van der Waals surface area (Å²) in [4.78, 5) is 50.1. The molecular formula is C28H28ClFN6O3. The summed E-state index contributed by atoms with van der Waals surface area (Å²) in [6, 6.07) is 6.21. The van der Waals surface area contributed by atoms with Crippen molar-refractivity contribution in [3.8, 4) is 0 Å². The minimum absolute atomic E-state index is 0.0849. The Bertz CT molecular complexity index is 1500. The van der Waals surface area contributed by atoms with Crippen LogP contribution >= 0.6 is 11.6 Å². The second-order valence-corrected chi connectivity index (χ2v) is 11.6. The van der Waals surface area contributed by atoms with Crippen molar-refractivity contribution in [3.63, 3.8) is 0 Å². The maximum Gasteiger partial charge on any atom is 0.272 e. The first-order valence-corrected chi connectivity index (χ1v) is 13.9. The van der Waals surface area contributed by atoms with Crippen molar-refractivity contribution in [1.82, 2.24) is 25.0 Å². The Morgan fingerprint density at radius 3 is 2.56 bits per heavy atom. The number of pyridine rings is 1. The highest BCUT2D eigenvalue weighted by molar-refractivity contribution is 6.33. The maximum absolute atomic E-state index is 14.7. The highest BCUT2D eigenvalue weighted by Crippen LogP contribution is 2.51. The van der Waals surface area contributed by atoms with E-state index < -0.39 is 11.2 Å². The van der Waals surface area contributed by atoms with Crippen molar-refractivity contribution in [1.29, 1.82) is 0 Å².